The van der Waals surface area contributed by atoms with Gasteiger partial charge in [0, 0.05) is 18.1 Å². The predicted molar refractivity (Wildman–Crippen MR) is 88.2 cm³/mol. The molecule has 1 aromatic heterocycles. The Morgan fingerprint density at radius 2 is 1.45 bits per heavy atom. The van der Waals surface area contributed by atoms with Crippen LogP contribution in [0.5, 0.6) is 11.5 Å². The van der Waals surface area contributed by atoms with Crippen LogP contribution in [0.3, 0.4) is 0 Å². The molecule has 0 aliphatic rings. The molecular weight excluding hydrogens is 298 g/mol. The Morgan fingerprint density at radius 1 is 0.773 bits per heavy atom. The highest BCUT2D eigenvalue weighted by Gasteiger charge is 2.00. The number of halogens is 1. The van der Waals surface area contributed by atoms with Crippen LogP contribution in [0.1, 0.15) is 0 Å². The first-order valence-electron chi connectivity index (χ1n) is 7.06. The topological polar surface area (TPSA) is 23.4 Å². The Labute approximate surface area is 134 Å². The number of para-hydroxylation sites is 1. The molecule has 112 valence electrons. The van der Waals surface area contributed by atoms with Crippen LogP contribution in [-0.2, 0) is 0 Å². The van der Waals surface area contributed by atoms with E-state index >= 15 is 0 Å². The van der Waals surface area contributed by atoms with E-state index in [0.29, 0.717) is 24.0 Å². The van der Waals surface area contributed by atoms with Gasteiger partial charge in [-0.05, 0) is 48.5 Å². The van der Waals surface area contributed by atoms with Crippen molar-refractivity contribution in [3.05, 3.63) is 78.1 Å². The summed E-state index contributed by atoms with van der Waals surface area (Å²) in [6.45, 7) is 0.914. The molecule has 0 amide bonds. The highest BCUT2D eigenvalue weighted by atomic mass is 35.5. The third-order valence-electron chi connectivity index (χ3n) is 3.19. The van der Waals surface area contributed by atoms with Crippen LogP contribution in [0, 0.1) is 0 Å². The third-order valence-corrected chi connectivity index (χ3v) is 3.50. The number of benzene rings is 2. The van der Waals surface area contributed by atoms with Gasteiger partial charge in [-0.25, -0.2) is 0 Å². The second-order valence-electron chi connectivity index (χ2n) is 4.71. The van der Waals surface area contributed by atoms with Crippen LogP contribution in [-0.4, -0.2) is 17.8 Å². The van der Waals surface area contributed by atoms with Crippen LogP contribution in [0.15, 0.2) is 73.1 Å². The lowest BCUT2D eigenvalue weighted by Crippen LogP contribution is -2.09. The molecule has 0 fully saturated rings. The van der Waals surface area contributed by atoms with E-state index in [9.17, 15) is 0 Å². The van der Waals surface area contributed by atoms with Gasteiger partial charge in [0.25, 0.3) is 0 Å². The normalized spacial score (nSPS) is 10.4. The minimum Gasteiger partial charge on any atom is -0.490 e. The van der Waals surface area contributed by atoms with Crippen LogP contribution in [0.2, 0.25) is 5.02 Å². The Bertz CT molecular complexity index is 708. The molecule has 0 saturated carbocycles. The Hall–Kier alpha value is -2.39. The molecule has 3 nitrogen and oxygen atoms in total. The summed E-state index contributed by atoms with van der Waals surface area (Å²) in [7, 11) is 0. The maximum atomic E-state index is 6.02. The van der Waals surface area contributed by atoms with Gasteiger partial charge in [0.15, 0.2) is 0 Å². The summed E-state index contributed by atoms with van der Waals surface area (Å²) < 4.78 is 13.3. The van der Waals surface area contributed by atoms with Crippen molar-refractivity contribution in [2.24, 2.45) is 0 Å². The number of rotatable bonds is 6. The van der Waals surface area contributed by atoms with Crippen molar-refractivity contribution >= 4 is 11.6 Å². The van der Waals surface area contributed by atoms with E-state index in [1.54, 1.807) is 6.07 Å². The van der Waals surface area contributed by atoms with Crippen molar-refractivity contribution in [1.82, 2.24) is 4.57 Å². The van der Waals surface area contributed by atoms with Gasteiger partial charge in [-0.3, -0.25) is 0 Å². The quantitative estimate of drug-likeness (QED) is 0.621. The Morgan fingerprint density at radius 3 is 2.18 bits per heavy atom. The molecule has 0 saturated heterocycles. The zero-order valence-electron chi connectivity index (χ0n) is 12.0. The van der Waals surface area contributed by atoms with Crippen molar-refractivity contribution in [3.8, 4) is 17.2 Å². The molecule has 0 unspecified atom stereocenters. The van der Waals surface area contributed by atoms with E-state index in [2.05, 4.69) is 0 Å². The van der Waals surface area contributed by atoms with Crippen molar-refractivity contribution in [1.29, 1.82) is 0 Å². The predicted octanol–water partition coefficient (Wildman–Crippen LogP) is 4.59. The first-order chi connectivity index (χ1) is 10.8. The molecule has 0 bridgehead atoms. The van der Waals surface area contributed by atoms with Gasteiger partial charge < -0.3 is 14.0 Å². The second kappa shape index (κ2) is 7.05. The minimum absolute atomic E-state index is 0.448. The Kier molecular flexibility index (Phi) is 4.66. The molecule has 0 radical (unpaired) electrons. The van der Waals surface area contributed by atoms with Crippen LogP contribution < -0.4 is 9.47 Å². The number of hydrogen-bond acceptors (Lipinski definition) is 2. The number of ether oxygens (including phenoxy) is 2. The summed E-state index contributed by atoms with van der Waals surface area (Å²) in [6.07, 6.45) is 4.01. The van der Waals surface area contributed by atoms with Gasteiger partial charge in [0.05, 0.1) is 5.02 Å². The third kappa shape index (κ3) is 3.62. The van der Waals surface area contributed by atoms with Crippen molar-refractivity contribution in [2.75, 3.05) is 13.2 Å². The molecule has 3 rings (SSSR count). The number of aromatic nitrogens is 1. The lowest BCUT2D eigenvalue weighted by molar-refractivity contribution is 0.217. The average Bonchev–Trinajstić information content (AvgIpc) is 3.08. The lowest BCUT2D eigenvalue weighted by Gasteiger charge is -2.10. The van der Waals surface area contributed by atoms with Gasteiger partial charge in [-0.1, -0.05) is 23.7 Å². The molecule has 2 aromatic carbocycles. The van der Waals surface area contributed by atoms with Crippen molar-refractivity contribution in [3.63, 3.8) is 0 Å². The molecule has 1 heterocycles. The van der Waals surface area contributed by atoms with Gasteiger partial charge >= 0.3 is 0 Å². The fraction of sp³-hybridized carbons (Fsp3) is 0.111. The molecule has 0 spiro atoms. The van der Waals surface area contributed by atoms with Gasteiger partial charge in [-0.2, -0.15) is 0 Å². The van der Waals surface area contributed by atoms with Gasteiger partial charge in [0.1, 0.15) is 24.7 Å². The lowest BCUT2D eigenvalue weighted by atomic mass is 10.3. The van der Waals surface area contributed by atoms with E-state index in [4.69, 9.17) is 21.1 Å². The number of hydrogen-bond donors (Lipinski definition) is 0. The van der Waals surface area contributed by atoms with Gasteiger partial charge in [0.2, 0.25) is 0 Å². The van der Waals surface area contributed by atoms with Crippen LogP contribution in [0.4, 0.5) is 0 Å². The molecule has 22 heavy (non-hydrogen) atoms. The van der Waals surface area contributed by atoms with Crippen LogP contribution in [0.25, 0.3) is 5.69 Å². The zero-order chi connectivity index (χ0) is 15.2. The summed E-state index contributed by atoms with van der Waals surface area (Å²) in [5.41, 5.74) is 1.10. The first-order valence-corrected chi connectivity index (χ1v) is 7.44. The van der Waals surface area contributed by atoms with E-state index in [1.165, 1.54) is 0 Å². The van der Waals surface area contributed by atoms with E-state index < -0.39 is 0 Å². The zero-order valence-corrected chi connectivity index (χ0v) is 12.7. The van der Waals surface area contributed by atoms with Crippen molar-refractivity contribution in [2.45, 2.75) is 0 Å². The standard InChI is InChI=1S/C18H16ClNO2/c19-17-5-1-2-6-18(17)22-14-13-21-16-9-7-15(8-10-16)20-11-3-4-12-20/h1-12H,13-14H2. The Balaban J connectivity index is 1.49. The van der Waals surface area contributed by atoms with Crippen LogP contribution >= 0.6 is 11.6 Å². The molecule has 0 aliphatic heterocycles. The summed E-state index contributed by atoms with van der Waals surface area (Å²) in [5, 5.41) is 0.610. The number of nitrogens with zero attached hydrogens (tertiary/aromatic N) is 1. The molecule has 3 aromatic rings. The smallest absolute Gasteiger partial charge is 0.138 e. The summed E-state index contributed by atoms with van der Waals surface area (Å²) in [4.78, 5) is 0. The summed E-state index contributed by atoms with van der Waals surface area (Å²) in [5.74, 6) is 1.49. The SMILES string of the molecule is Clc1ccccc1OCCOc1ccc(-n2cccc2)cc1. The largest absolute Gasteiger partial charge is 0.490 e. The van der Waals surface area contributed by atoms with Gasteiger partial charge in [-0.15, -0.1) is 0 Å². The van der Waals surface area contributed by atoms with E-state index in [1.807, 2.05) is 71.6 Å². The summed E-state index contributed by atoms with van der Waals surface area (Å²) >= 11 is 6.02. The highest BCUT2D eigenvalue weighted by molar-refractivity contribution is 6.32. The second-order valence-corrected chi connectivity index (χ2v) is 5.12. The van der Waals surface area contributed by atoms with E-state index in [-0.39, 0.29) is 0 Å². The molecular formula is C18H16ClNO2. The summed E-state index contributed by atoms with van der Waals surface area (Å²) in [6, 6.07) is 19.3. The first kappa shape index (κ1) is 14.5. The maximum absolute atomic E-state index is 6.02. The monoisotopic (exact) mass is 313 g/mol. The van der Waals surface area contributed by atoms with Crippen molar-refractivity contribution < 1.29 is 9.47 Å². The minimum atomic E-state index is 0.448. The highest BCUT2D eigenvalue weighted by Crippen LogP contribution is 2.23. The molecule has 4 heteroatoms. The maximum Gasteiger partial charge on any atom is 0.138 e. The average molecular weight is 314 g/mol. The molecule has 0 aliphatic carbocycles. The van der Waals surface area contributed by atoms with E-state index in [0.717, 1.165) is 11.4 Å². The molecule has 0 N–H and O–H groups in total. The fourth-order valence-corrected chi connectivity index (χ4v) is 2.28. The fourth-order valence-electron chi connectivity index (χ4n) is 2.09. The molecule has 0 atom stereocenters.